The first-order valence-electron chi connectivity index (χ1n) is 11.6. The number of guanidine groups is 1. The second kappa shape index (κ2) is 12.0. The Morgan fingerprint density at radius 3 is 2.38 bits per heavy atom. The Kier molecular flexibility index (Phi) is 10.0. The smallest absolute Gasteiger partial charge is 0.191 e. The van der Waals surface area contributed by atoms with Gasteiger partial charge in [0.15, 0.2) is 5.96 Å². The van der Waals surface area contributed by atoms with Crippen molar-refractivity contribution in [3.63, 3.8) is 0 Å². The van der Waals surface area contributed by atoms with Crippen molar-refractivity contribution >= 4 is 29.9 Å². The molecule has 1 aliphatic carbocycles. The van der Waals surface area contributed by atoms with Gasteiger partial charge < -0.3 is 16.0 Å². The van der Waals surface area contributed by atoms with E-state index >= 15 is 0 Å². The molecule has 0 amide bonds. The lowest BCUT2D eigenvalue weighted by atomic mass is 9.94. The van der Waals surface area contributed by atoms with Gasteiger partial charge in [0.25, 0.3) is 0 Å². The third-order valence-corrected chi connectivity index (χ3v) is 6.75. The molecule has 1 fully saturated rings. The highest BCUT2D eigenvalue weighted by Gasteiger charge is 2.35. The van der Waals surface area contributed by atoms with Gasteiger partial charge in [0.1, 0.15) is 0 Å². The van der Waals surface area contributed by atoms with Crippen LogP contribution in [-0.2, 0) is 13.5 Å². The fourth-order valence-corrected chi connectivity index (χ4v) is 4.86. The van der Waals surface area contributed by atoms with Crippen molar-refractivity contribution in [3.05, 3.63) is 52.8 Å². The third-order valence-electron chi connectivity index (χ3n) is 6.75. The van der Waals surface area contributed by atoms with Gasteiger partial charge in [-0.25, -0.2) is 0 Å². The van der Waals surface area contributed by atoms with E-state index in [1.165, 1.54) is 42.5 Å². The predicted molar refractivity (Wildman–Crippen MR) is 145 cm³/mol. The first kappa shape index (κ1) is 26.6. The van der Waals surface area contributed by atoms with Gasteiger partial charge in [-0.2, -0.15) is 5.10 Å². The maximum absolute atomic E-state index is 4.55. The summed E-state index contributed by atoms with van der Waals surface area (Å²) in [6, 6.07) is 11.3. The van der Waals surface area contributed by atoms with E-state index in [-0.39, 0.29) is 35.6 Å². The molecule has 1 aromatic heterocycles. The molecule has 0 spiro atoms. The number of hydrogen-bond acceptors (Lipinski definition) is 3. The second-order valence-corrected chi connectivity index (χ2v) is 9.21. The lowest BCUT2D eigenvalue weighted by Gasteiger charge is -2.35. The van der Waals surface area contributed by atoms with Crippen molar-refractivity contribution in [1.82, 2.24) is 25.7 Å². The topological polar surface area (TPSA) is 66.3 Å². The molecule has 0 saturated heterocycles. The number of aliphatic imine (C=N–C) groups is 1. The molecule has 178 valence electrons. The van der Waals surface area contributed by atoms with Crippen LogP contribution >= 0.6 is 24.0 Å². The fraction of sp³-hybridized carbons (Fsp3) is 0.600. The van der Waals surface area contributed by atoms with Gasteiger partial charge in [0, 0.05) is 44.0 Å². The SMILES string of the molecule is CN=C(NCC1(NC(C)c2ccccc2)CCCC1)NC(C)Cc1c(C)nn(C)c1C.I. The molecule has 2 atom stereocenters. The van der Waals surface area contributed by atoms with E-state index in [1.807, 2.05) is 18.8 Å². The molecule has 3 N–H and O–H groups in total. The van der Waals surface area contributed by atoms with Crippen molar-refractivity contribution in [2.24, 2.45) is 12.0 Å². The minimum absolute atomic E-state index is 0. The van der Waals surface area contributed by atoms with Crippen molar-refractivity contribution in [2.75, 3.05) is 13.6 Å². The average molecular weight is 553 g/mol. The lowest BCUT2D eigenvalue weighted by Crippen LogP contribution is -2.55. The molecule has 1 heterocycles. The van der Waals surface area contributed by atoms with Crippen molar-refractivity contribution in [1.29, 1.82) is 0 Å². The number of halogens is 1. The first-order chi connectivity index (χ1) is 14.8. The molecular weight excluding hydrogens is 511 g/mol. The normalized spacial score (nSPS) is 17.5. The van der Waals surface area contributed by atoms with Crippen LogP contribution in [0.25, 0.3) is 0 Å². The van der Waals surface area contributed by atoms with Crippen LogP contribution in [0.1, 0.15) is 68.1 Å². The summed E-state index contributed by atoms with van der Waals surface area (Å²) in [6.45, 7) is 9.58. The summed E-state index contributed by atoms with van der Waals surface area (Å²) < 4.78 is 1.97. The summed E-state index contributed by atoms with van der Waals surface area (Å²) in [5, 5.41) is 15.7. The summed E-state index contributed by atoms with van der Waals surface area (Å²) in [6.07, 6.45) is 5.87. The average Bonchev–Trinajstić information content (AvgIpc) is 3.31. The quantitative estimate of drug-likeness (QED) is 0.258. The molecule has 2 unspecified atom stereocenters. The van der Waals surface area contributed by atoms with Crippen molar-refractivity contribution in [2.45, 2.75) is 77.4 Å². The Morgan fingerprint density at radius 1 is 1.16 bits per heavy atom. The molecule has 6 nitrogen and oxygen atoms in total. The molecule has 1 aromatic carbocycles. The molecule has 0 bridgehead atoms. The summed E-state index contributed by atoms with van der Waals surface area (Å²) in [4.78, 5) is 4.49. The second-order valence-electron chi connectivity index (χ2n) is 9.21. The van der Waals surface area contributed by atoms with Crippen LogP contribution in [0.4, 0.5) is 0 Å². The lowest BCUT2D eigenvalue weighted by molar-refractivity contribution is 0.296. The summed E-state index contributed by atoms with van der Waals surface area (Å²) in [5.41, 5.74) is 5.11. The van der Waals surface area contributed by atoms with Crippen LogP contribution in [0.5, 0.6) is 0 Å². The Hall–Kier alpha value is -1.61. The number of benzene rings is 1. The molecule has 2 aromatic rings. The minimum Gasteiger partial charge on any atom is -0.355 e. The van der Waals surface area contributed by atoms with E-state index < -0.39 is 0 Å². The zero-order valence-electron chi connectivity index (χ0n) is 20.5. The maximum atomic E-state index is 4.55. The monoisotopic (exact) mass is 552 g/mol. The molecule has 3 rings (SSSR count). The highest BCUT2D eigenvalue weighted by atomic mass is 127. The zero-order chi connectivity index (χ0) is 22.4. The van der Waals surface area contributed by atoms with Gasteiger partial charge in [-0.15, -0.1) is 24.0 Å². The van der Waals surface area contributed by atoms with Crippen LogP contribution < -0.4 is 16.0 Å². The highest BCUT2D eigenvalue weighted by molar-refractivity contribution is 14.0. The number of nitrogens with one attached hydrogen (secondary N) is 3. The van der Waals surface area contributed by atoms with Crippen LogP contribution in [0.2, 0.25) is 0 Å². The molecule has 1 aliphatic rings. The molecule has 7 heteroatoms. The van der Waals surface area contributed by atoms with Gasteiger partial charge in [-0.3, -0.25) is 9.67 Å². The van der Waals surface area contributed by atoms with Crippen molar-refractivity contribution in [3.8, 4) is 0 Å². The van der Waals surface area contributed by atoms with Crippen LogP contribution in [0.3, 0.4) is 0 Å². The van der Waals surface area contributed by atoms with Gasteiger partial charge >= 0.3 is 0 Å². The van der Waals surface area contributed by atoms with E-state index in [2.05, 4.69) is 84.1 Å². The van der Waals surface area contributed by atoms with E-state index in [0.29, 0.717) is 6.04 Å². The van der Waals surface area contributed by atoms with Gasteiger partial charge in [-0.05, 0) is 58.1 Å². The van der Waals surface area contributed by atoms with Gasteiger partial charge in [0.2, 0.25) is 0 Å². The number of aryl methyl sites for hydroxylation is 2. The highest BCUT2D eigenvalue weighted by Crippen LogP contribution is 2.31. The predicted octanol–water partition coefficient (Wildman–Crippen LogP) is 4.41. The van der Waals surface area contributed by atoms with E-state index in [4.69, 9.17) is 0 Å². The van der Waals surface area contributed by atoms with E-state index in [0.717, 1.165) is 24.6 Å². The number of hydrogen-bond donors (Lipinski definition) is 3. The standard InChI is InChI=1S/C25H40N6.HI/c1-18(16-23-20(3)30-31(6)21(23)4)28-24(26-5)27-17-25(14-10-11-15-25)29-19(2)22-12-8-7-9-13-22;/h7-9,12-13,18-19,29H,10-11,14-17H2,1-6H3,(H2,26,27,28);1H. The molecule has 0 aliphatic heterocycles. The summed E-state index contributed by atoms with van der Waals surface area (Å²) in [5.74, 6) is 0.868. The van der Waals surface area contributed by atoms with Crippen LogP contribution in [0, 0.1) is 13.8 Å². The Morgan fingerprint density at radius 2 is 1.81 bits per heavy atom. The molecule has 1 saturated carbocycles. The summed E-state index contributed by atoms with van der Waals surface area (Å²) >= 11 is 0. The third kappa shape index (κ3) is 6.70. The zero-order valence-corrected chi connectivity index (χ0v) is 22.9. The Balaban J connectivity index is 0.00000363. The number of aromatic nitrogens is 2. The molecule has 0 radical (unpaired) electrons. The Bertz CT molecular complexity index is 870. The largest absolute Gasteiger partial charge is 0.355 e. The van der Waals surface area contributed by atoms with Crippen LogP contribution in [0.15, 0.2) is 35.3 Å². The number of rotatable bonds is 8. The van der Waals surface area contributed by atoms with Crippen LogP contribution in [-0.4, -0.2) is 40.9 Å². The first-order valence-corrected chi connectivity index (χ1v) is 11.6. The summed E-state index contributed by atoms with van der Waals surface area (Å²) in [7, 11) is 3.86. The van der Waals surface area contributed by atoms with Crippen molar-refractivity contribution < 1.29 is 0 Å². The molecule has 32 heavy (non-hydrogen) atoms. The van der Waals surface area contributed by atoms with Gasteiger partial charge in [-0.1, -0.05) is 43.2 Å². The maximum Gasteiger partial charge on any atom is 0.191 e. The van der Waals surface area contributed by atoms with E-state index in [9.17, 15) is 0 Å². The minimum atomic E-state index is 0. The van der Waals surface area contributed by atoms with Gasteiger partial charge in [0.05, 0.1) is 5.69 Å². The number of nitrogens with zero attached hydrogens (tertiary/aromatic N) is 3. The fourth-order valence-electron chi connectivity index (χ4n) is 4.86. The Labute approximate surface area is 211 Å². The molecular formula is C25H41IN6. The van der Waals surface area contributed by atoms with E-state index in [1.54, 1.807) is 0 Å².